The lowest BCUT2D eigenvalue weighted by Gasteiger charge is -2.12. The molecule has 0 radical (unpaired) electrons. The zero-order valence-electron chi connectivity index (χ0n) is 14.9. The maximum absolute atomic E-state index is 13.9. The fourth-order valence-corrected chi connectivity index (χ4v) is 3.61. The maximum Gasteiger partial charge on any atom is 0.266 e. The Morgan fingerprint density at radius 2 is 2.00 bits per heavy atom. The number of aliphatic imine (C=N–C) groups is 1. The Kier molecular flexibility index (Phi) is 5.91. The minimum Gasteiger partial charge on any atom is -0.494 e. The third kappa shape index (κ3) is 4.36. The Bertz CT molecular complexity index is 928. The Hall–Kier alpha value is -2.67. The average Bonchev–Trinajstić information content (AvgIpc) is 2.92. The standard InChI is InChI=1S/C20H18F2N2O2S/c1-3-24-19(25)18(11-13-6-5-7-15(10-13)26-4-2)27-20(24)23-17-9-8-14(21)12-16(17)22/h5-12H,3-4H2,1-2H3/b18-11-,23-20?. The molecule has 0 saturated carbocycles. The molecule has 0 atom stereocenters. The van der Waals surface area contributed by atoms with Crippen LogP contribution in [0.5, 0.6) is 5.75 Å². The lowest BCUT2D eigenvalue weighted by molar-refractivity contribution is -0.122. The number of likely N-dealkylation sites (N-methyl/N-ethyl adjacent to an activating group) is 1. The van der Waals surface area contributed by atoms with Gasteiger partial charge in [0.15, 0.2) is 11.0 Å². The molecule has 1 aliphatic rings. The van der Waals surface area contributed by atoms with Crippen LogP contribution in [0.2, 0.25) is 0 Å². The number of hydrogen-bond acceptors (Lipinski definition) is 4. The molecule has 1 saturated heterocycles. The van der Waals surface area contributed by atoms with E-state index in [1.807, 2.05) is 38.1 Å². The van der Waals surface area contributed by atoms with Crippen LogP contribution in [-0.2, 0) is 4.79 Å². The Balaban J connectivity index is 1.92. The summed E-state index contributed by atoms with van der Waals surface area (Å²) in [7, 11) is 0. The van der Waals surface area contributed by atoms with Gasteiger partial charge in [-0.3, -0.25) is 9.69 Å². The predicted octanol–water partition coefficient (Wildman–Crippen LogP) is 4.99. The second-order valence-corrected chi connectivity index (χ2v) is 6.66. The lowest BCUT2D eigenvalue weighted by Crippen LogP contribution is -2.28. The number of nitrogens with zero attached hydrogens (tertiary/aromatic N) is 2. The van der Waals surface area contributed by atoms with Crippen LogP contribution in [0.25, 0.3) is 6.08 Å². The molecule has 1 heterocycles. The minimum absolute atomic E-state index is 0.00950. The Morgan fingerprint density at radius 3 is 2.70 bits per heavy atom. The van der Waals surface area contributed by atoms with Gasteiger partial charge in [0.2, 0.25) is 0 Å². The number of benzene rings is 2. The second-order valence-electron chi connectivity index (χ2n) is 5.66. The topological polar surface area (TPSA) is 41.9 Å². The van der Waals surface area contributed by atoms with E-state index in [1.54, 1.807) is 6.08 Å². The molecule has 4 nitrogen and oxygen atoms in total. The van der Waals surface area contributed by atoms with Crippen molar-refractivity contribution >= 4 is 34.6 Å². The van der Waals surface area contributed by atoms with Crippen molar-refractivity contribution in [2.24, 2.45) is 4.99 Å². The van der Waals surface area contributed by atoms with Gasteiger partial charge in [-0.05, 0) is 61.5 Å². The van der Waals surface area contributed by atoms with Crippen LogP contribution >= 0.6 is 11.8 Å². The highest BCUT2D eigenvalue weighted by Crippen LogP contribution is 2.34. The normalized spacial score (nSPS) is 17.2. The van der Waals surface area contributed by atoms with Crippen LogP contribution in [-0.4, -0.2) is 29.1 Å². The van der Waals surface area contributed by atoms with Gasteiger partial charge < -0.3 is 4.74 Å². The molecular formula is C20H18F2N2O2S. The van der Waals surface area contributed by atoms with Gasteiger partial charge >= 0.3 is 0 Å². The van der Waals surface area contributed by atoms with Crippen molar-refractivity contribution in [2.75, 3.05) is 13.2 Å². The molecule has 0 aliphatic carbocycles. The number of rotatable bonds is 5. The van der Waals surface area contributed by atoms with E-state index in [4.69, 9.17) is 4.74 Å². The summed E-state index contributed by atoms with van der Waals surface area (Å²) in [4.78, 5) is 18.8. The van der Waals surface area contributed by atoms with E-state index in [0.29, 0.717) is 23.2 Å². The van der Waals surface area contributed by atoms with Gasteiger partial charge in [0.05, 0.1) is 11.5 Å². The van der Waals surface area contributed by atoms with Gasteiger partial charge in [-0.15, -0.1) is 0 Å². The van der Waals surface area contributed by atoms with Crippen molar-refractivity contribution in [1.82, 2.24) is 4.90 Å². The van der Waals surface area contributed by atoms with Crippen molar-refractivity contribution in [2.45, 2.75) is 13.8 Å². The Labute approximate surface area is 160 Å². The van der Waals surface area contributed by atoms with Crippen LogP contribution < -0.4 is 4.74 Å². The van der Waals surface area contributed by atoms with Crippen molar-refractivity contribution in [3.05, 3.63) is 64.6 Å². The fourth-order valence-electron chi connectivity index (χ4n) is 2.56. The fraction of sp³-hybridized carbons (Fsp3) is 0.200. The van der Waals surface area contributed by atoms with Gasteiger partial charge in [0.1, 0.15) is 17.3 Å². The van der Waals surface area contributed by atoms with E-state index in [-0.39, 0.29) is 11.6 Å². The molecule has 1 aliphatic heterocycles. The number of ether oxygens (including phenoxy) is 1. The van der Waals surface area contributed by atoms with E-state index in [9.17, 15) is 13.6 Å². The molecule has 0 N–H and O–H groups in total. The zero-order chi connectivity index (χ0) is 19.4. The van der Waals surface area contributed by atoms with Crippen LogP contribution in [0.4, 0.5) is 14.5 Å². The third-order valence-electron chi connectivity index (χ3n) is 3.80. The van der Waals surface area contributed by atoms with Crippen LogP contribution in [0.3, 0.4) is 0 Å². The number of amidine groups is 1. The largest absolute Gasteiger partial charge is 0.494 e. The molecule has 27 heavy (non-hydrogen) atoms. The van der Waals surface area contributed by atoms with Crippen molar-refractivity contribution in [1.29, 1.82) is 0 Å². The first-order chi connectivity index (χ1) is 13.0. The molecule has 3 rings (SSSR count). The molecule has 0 spiro atoms. The molecular weight excluding hydrogens is 370 g/mol. The summed E-state index contributed by atoms with van der Waals surface area (Å²) in [6.45, 7) is 4.66. The van der Waals surface area contributed by atoms with Gasteiger partial charge in [0.25, 0.3) is 5.91 Å². The van der Waals surface area contributed by atoms with E-state index in [2.05, 4.69) is 4.99 Å². The first-order valence-corrected chi connectivity index (χ1v) is 9.31. The number of halogens is 2. The molecule has 1 fully saturated rings. The quantitative estimate of drug-likeness (QED) is 0.678. The SMILES string of the molecule is CCOc1cccc(/C=C2\SC(=Nc3ccc(F)cc3F)N(CC)C2=O)c1. The summed E-state index contributed by atoms with van der Waals surface area (Å²) in [5.74, 6) is -0.926. The van der Waals surface area contributed by atoms with E-state index < -0.39 is 11.6 Å². The second kappa shape index (κ2) is 8.35. The van der Waals surface area contributed by atoms with Gasteiger partial charge in [-0.25, -0.2) is 13.8 Å². The summed E-state index contributed by atoms with van der Waals surface area (Å²) in [5.41, 5.74) is 0.812. The molecule has 140 valence electrons. The zero-order valence-corrected chi connectivity index (χ0v) is 15.7. The van der Waals surface area contributed by atoms with E-state index >= 15 is 0 Å². The molecule has 2 aromatic carbocycles. The number of amides is 1. The summed E-state index contributed by atoms with van der Waals surface area (Å²) in [5, 5.41) is 0.361. The summed E-state index contributed by atoms with van der Waals surface area (Å²) >= 11 is 1.16. The van der Waals surface area contributed by atoms with Gasteiger partial charge in [0, 0.05) is 12.6 Å². The van der Waals surface area contributed by atoms with Crippen molar-refractivity contribution < 1.29 is 18.3 Å². The maximum atomic E-state index is 13.9. The van der Waals surface area contributed by atoms with E-state index in [0.717, 1.165) is 35.2 Å². The number of carbonyl (C=O) groups excluding carboxylic acids is 1. The monoisotopic (exact) mass is 388 g/mol. The van der Waals surface area contributed by atoms with Crippen LogP contribution in [0, 0.1) is 11.6 Å². The van der Waals surface area contributed by atoms with Gasteiger partial charge in [-0.2, -0.15) is 0 Å². The van der Waals surface area contributed by atoms with E-state index in [1.165, 1.54) is 11.0 Å². The highest BCUT2D eigenvalue weighted by molar-refractivity contribution is 8.18. The lowest BCUT2D eigenvalue weighted by atomic mass is 10.2. The van der Waals surface area contributed by atoms with Crippen molar-refractivity contribution in [3.8, 4) is 5.75 Å². The molecule has 0 unspecified atom stereocenters. The smallest absolute Gasteiger partial charge is 0.266 e. The highest BCUT2D eigenvalue weighted by Gasteiger charge is 2.32. The van der Waals surface area contributed by atoms with Crippen LogP contribution in [0.15, 0.2) is 52.4 Å². The average molecular weight is 388 g/mol. The van der Waals surface area contributed by atoms with Gasteiger partial charge in [-0.1, -0.05) is 12.1 Å². The molecule has 0 bridgehead atoms. The highest BCUT2D eigenvalue weighted by atomic mass is 32.2. The number of thioether (sulfide) groups is 1. The summed E-state index contributed by atoms with van der Waals surface area (Å²) < 4.78 is 32.5. The minimum atomic E-state index is -0.770. The first-order valence-electron chi connectivity index (χ1n) is 8.49. The van der Waals surface area contributed by atoms with Crippen LogP contribution in [0.1, 0.15) is 19.4 Å². The predicted molar refractivity (Wildman–Crippen MR) is 104 cm³/mol. The summed E-state index contributed by atoms with van der Waals surface area (Å²) in [6.07, 6.45) is 1.75. The molecule has 7 heteroatoms. The Morgan fingerprint density at radius 1 is 1.19 bits per heavy atom. The molecule has 0 aromatic heterocycles. The number of hydrogen-bond donors (Lipinski definition) is 0. The molecule has 1 amide bonds. The molecule has 2 aromatic rings. The first kappa shape index (κ1) is 19.1. The number of carbonyl (C=O) groups is 1. The third-order valence-corrected chi connectivity index (χ3v) is 4.80. The van der Waals surface area contributed by atoms with Crippen molar-refractivity contribution in [3.63, 3.8) is 0 Å². The summed E-state index contributed by atoms with van der Waals surface area (Å²) in [6, 6.07) is 10.6.